The van der Waals surface area contributed by atoms with Crippen LogP contribution in [0.1, 0.15) is 25.7 Å². The molecule has 0 amide bonds. The van der Waals surface area contributed by atoms with Crippen LogP contribution < -0.4 is 10.0 Å². The molecule has 4 nitrogen and oxygen atoms in total. The van der Waals surface area contributed by atoms with Gasteiger partial charge >= 0.3 is 0 Å². The Morgan fingerprint density at radius 2 is 2.15 bits per heavy atom. The molecule has 0 saturated heterocycles. The van der Waals surface area contributed by atoms with Gasteiger partial charge in [-0.1, -0.05) is 12.8 Å². The summed E-state index contributed by atoms with van der Waals surface area (Å²) in [6, 6.07) is 0.531. The average molecular weight is 222 g/mol. The summed E-state index contributed by atoms with van der Waals surface area (Å²) in [5, 5.41) is 3.81. The molecule has 1 fully saturated rings. The van der Waals surface area contributed by atoms with Crippen molar-refractivity contribution in [1.82, 2.24) is 10.0 Å². The van der Waals surface area contributed by atoms with Crippen LogP contribution in [-0.2, 0) is 9.22 Å². The normalized spacial score (nSPS) is 17.3. The van der Waals surface area contributed by atoms with Crippen LogP contribution in [0, 0.1) is 0 Å². The molecule has 1 saturated carbocycles. The van der Waals surface area contributed by atoms with Crippen molar-refractivity contribution in [1.29, 1.82) is 0 Å². The molecule has 13 heavy (non-hydrogen) atoms. The van der Waals surface area contributed by atoms with Gasteiger partial charge in [0, 0.05) is 6.04 Å². The molecule has 0 bridgehead atoms. The van der Waals surface area contributed by atoms with Crippen molar-refractivity contribution in [3.63, 3.8) is 0 Å². The zero-order valence-electron chi connectivity index (χ0n) is 7.54. The second-order valence-corrected chi connectivity index (χ2v) is 3.79. The Balaban J connectivity index is 2.02. The third-order valence-corrected chi connectivity index (χ3v) is 2.77. The minimum atomic E-state index is 0.531. The SMILES string of the molecule is COOSNC(=S)NC1CCCC1. The van der Waals surface area contributed by atoms with E-state index in [-0.39, 0.29) is 0 Å². The van der Waals surface area contributed by atoms with E-state index in [2.05, 4.69) is 19.3 Å². The Labute approximate surface area is 88.0 Å². The van der Waals surface area contributed by atoms with Crippen LogP contribution in [0.2, 0.25) is 0 Å². The molecule has 1 aliphatic rings. The first-order valence-electron chi connectivity index (χ1n) is 4.26. The number of rotatable bonds is 4. The van der Waals surface area contributed by atoms with Crippen molar-refractivity contribution in [3.05, 3.63) is 0 Å². The quantitative estimate of drug-likeness (QED) is 0.188. The summed E-state index contributed by atoms with van der Waals surface area (Å²) in [7, 11) is 1.45. The summed E-state index contributed by atoms with van der Waals surface area (Å²) in [6.45, 7) is 0. The highest BCUT2D eigenvalue weighted by atomic mass is 32.2. The summed E-state index contributed by atoms with van der Waals surface area (Å²) >= 11 is 5.99. The lowest BCUT2D eigenvalue weighted by molar-refractivity contribution is -0.160. The van der Waals surface area contributed by atoms with E-state index in [1.807, 2.05) is 0 Å². The third-order valence-electron chi connectivity index (χ3n) is 1.93. The Morgan fingerprint density at radius 1 is 1.46 bits per heavy atom. The van der Waals surface area contributed by atoms with Gasteiger partial charge in [0.15, 0.2) is 17.3 Å². The molecular formula is C7H14N2O2S2. The van der Waals surface area contributed by atoms with Crippen LogP contribution in [0.3, 0.4) is 0 Å². The number of hydrogen-bond donors (Lipinski definition) is 2. The standard InChI is InChI=1S/C7H14N2O2S2/c1-10-11-13-9-7(12)8-6-4-2-3-5-6/h6H,2-5H2,1H3,(H2,8,9,12). The maximum atomic E-state index is 5.03. The van der Waals surface area contributed by atoms with E-state index in [0.717, 1.165) is 12.2 Å². The van der Waals surface area contributed by atoms with E-state index < -0.39 is 0 Å². The van der Waals surface area contributed by atoms with Crippen LogP contribution >= 0.6 is 24.4 Å². The summed E-state index contributed by atoms with van der Waals surface area (Å²) in [4.78, 5) is 4.38. The highest BCUT2D eigenvalue weighted by molar-refractivity contribution is 7.94. The molecule has 1 aliphatic carbocycles. The van der Waals surface area contributed by atoms with Crippen molar-refractivity contribution in [2.75, 3.05) is 7.11 Å². The van der Waals surface area contributed by atoms with E-state index in [0.29, 0.717) is 11.2 Å². The van der Waals surface area contributed by atoms with Crippen LogP contribution in [0.5, 0.6) is 0 Å². The van der Waals surface area contributed by atoms with Gasteiger partial charge in [-0.25, -0.2) is 4.89 Å². The average Bonchev–Trinajstić information content (AvgIpc) is 2.57. The predicted octanol–water partition coefficient (Wildman–Crippen LogP) is 1.53. The maximum absolute atomic E-state index is 5.03. The topological polar surface area (TPSA) is 42.5 Å². The van der Waals surface area contributed by atoms with E-state index >= 15 is 0 Å². The second kappa shape index (κ2) is 6.42. The molecule has 0 radical (unpaired) electrons. The minimum Gasteiger partial charge on any atom is -0.359 e. The lowest BCUT2D eigenvalue weighted by atomic mass is 10.3. The summed E-state index contributed by atoms with van der Waals surface area (Å²) in [5.41, 5.74) is 0. The first kappa shape index (κ1) is 11.0. The van der Waals surface area contributed by atoms with Gasteiger partial charge < -0.3 is 5.32 Å². The van der Waals surface area contributed by atoms with Crippen molar-refractivity contribution in [2.45, 2.75) is 31.7 Å². The summed E-state index contributed by atoms with van der Waals surface area (Å²) < 4.78 is 7.35. The van der Waals surface area contributed by atoms with Crippen molar-refractivity contribution in [3.8, 4) is 0 Å². The number of hydrogen-bond acceptors (Lipinski definition) is 4. The first-order valence-corrected chi connectivity index (χ1v) is 5.40. The Hall–Kier alpha value is -0.0400. The smallest absolute Gasteiger partial charge is 0.178 e. The number of thiocarbonyl (C=S) groups is 1. The molecule has 0 unspecified atom stereocenters. The Bertz CT molecular complexity index is 163. The van der Waals surface area contributed by atoms with Gasteiger partial charge in [0.25, 0.3) is 0 Å². The summed E-state index contributed by atoms with van der Waals surface area (Å²) in [6.07, 6.45) is 5.00. The molecule has 2 N–H and O–H groups in total. The van der Waals surface area contributed by atoms with Gasteiger partial charge in [0.1, 0.15) is 0 Å². The van der Waals surface area contributed by atoms with E-state index in [1.165, 1.54) is 32.8 Å². The number of nitrogens with one attached hydrogen (secondary N) is 2. The highest BCUT2D eigenvalue weighted by Gasteiger charge is 2.15. The zero-order valence-corrected chi connectivity index (χ0v) is 9.17. The molecule has 0 aromatic carbocycles. The van der Waals surface area contributed by atoms with Gasteiger partial charge in [-0.2, -0.15) is 0 Å². The molecule has 0 spiro atoms. The van der Waals surface area contributed by atoms with Crippen LogP contribution in [0.15, 0.2) is 0 Å². The van der Waals surface area contributed by atoms with Gasteiger partial charge in [-0.15, -0.1) is 4.33 Å². The Kier molecular flexibility index (Phi) is 5.45. The van der Waals surface area contributed by atoms with Crippen LogP contribution in [-0.4, -0.2) is 18.3 Å². The third kappa shape index (κ3) is 4.66. The van der Waals surface area contributed by atoms with E-state index in [1.54, 1.807) is 0 Å². The molecule has 0 aromatic heterocycles. The fourth-order valence-electron chi connectivity index (χ4n) is 1.37. The molecule has 0 aromatic rings. The largest absolute Gasteiger partial charge is 0.359 e. The molecule has 6 heteroatoms. The summed E-state index contributed by atoms with van der Waals surface area (Å²) in [5.74, 6) is 0. The second-order valence-electron chi connectivity index (χ2n) is 2.87. The van der Waals surface area contributed by atoms with Gasteiger partial charge in [0.2, 0.25) is 0 Å². The molecule has 1 rings (SSSR count). The highest BCUT2D eigenvalue weighted by Crippen LogP contribution is 2.17. The van der Waals surface area contributed by atoms with Gasteiger partial charge in [-0.3, -0.25) is 4.72 Å². The van der Waals surface area contributed by atoms with Crippen molar-refractivity contribution < 1.29 is 9.22 Å². The van der Waals surface area contributed by atoms with Gasteiger partial charge in [-0.05, 0) is 25.1 Å². The molecule has 76 valence electrons. The Morgan fingerprint density at radius 3 is 2.77 bits per heavy atom. The minimum absolute atomic E-state index is 0.531. The zero-order chi connectivity index (χ0) is 9.52. The fourth-order valence-corrected chi connectivity index (χ4v) is 1.88. The predicted molar refractivity (Wildman–Crippen MR) is 56.8 cm³/mol. The van der Waals surface area contributed by atoms with Crippen molar-refractivity contribution in [2.24, 2.45) is 0 Å². The lowest BCUT2D eigenvalue weighted by Crippen LogP contribution is -2.37. The maximum Gasteiger partial charge on any atom is 0.178 e. The van der Waals surface area contributed by atoms with Gasteiger partial charge in [0.05, 0.1) is 7.11 Å². The fraction of sp³-hybridized carbons (Fsp3) is 0.857. The van der Waals surface area contributed by atoms with E-state index in [9.17, 15) is 0 Å². The van der Waals surface area contributed by atoms with Crippen molar-refractivity contribution >= 4 is 29.6 Å². The molecular weight excluding hydrogens is 208 g/mol. The van der Waals surface area contributed by atoms with Crippen LogP contribution in [0.25, 0.3) is 0 Å². The first-order chi connectivity index (χ1) is 6.33. The monoisotopic (exact) mass is 222 g/mol. The molecule has 0 atom stereocenters. The lowest BCUT2D eigenvalue weighted by Gasteiger charge is -2.13. The van der Waals surface area contributed by atoms with E-state index in [4.69, 9.17) is 12.2 Å². The molecule has 0 heterocycles. The molecule has 0 aliphatic heterocycles. The van der Waals surface area contributed by atoms with Crippen LogP contribution in [0.4, 0.5) is 0 Å².